The van der Waals surface area contributed by atoms with Gasteiger partial charge in [0, 0.05) is 25.7 Å². The summed E-state index contributed by atoms with van der Waals surface area (Å²) in [6.45, 7) is 10.8. The number of benzene rings is 1. The fourth-order valence-electron chi connectivity index (χ4n) is 3.60. The monoisotopic (exact) mass is 332 g/mol. The quantitative estimate of drug-likeness (QED) is 0.796. The molecule has 0 saturated carbocycles. The minimum absolute atomic E-state index is 0.119. The number of nitrogens with zero attached hydrogens (tertiary/aromatic N) is 1. The molecule has 1 heterocycles. The molecule has 1 atom stereocenters. The lowest BCUT2D eigenvalue weighted by Crippen LogP contribution is -2.52. The van der Waals surface area contributed by atoms with E-state index >= 15 is 0 Å². The van der Waals surface area contributed by atoms with Crippen molar-refractivity contribution in [2.45, 2.75) is 46.1 Å². The van der Waals surface area contributed by atoms with Crippen LogP contribution in [-0.4, -0.2) is 49.7 Å². The maximum atomic E-state index is 12.4. The standard InChI is InChI=1S/C20H32N2O2/c1-4-17(5-2)19(22-10-12-24-13-11-22)15-21-20(23)14-18-9-7-6-8-16(18)3/h6-9,17,19H,4-5,10-15H2,1-3H3,(H,21,23). The molecule has 1 aliphatic heterocycles. The zero-order valence-electron chi connectivity index (χ0n) is 15.4. The van der Waals surface area contributed by atoms with Gasteiger partial charge in [0.1, 0.15) is 0 Å². The first-order valence-electron chi connectivity index (χ1n) is 9.28. The van der Waals surface area contributed by atoms with Crippen LogP contribution >= 0.6 is 0 Å². The van der Waals surface area contributed by atoms with Crippen molar-refractivity contribution in [3.63, 3.8) is 0 Å². The molecule has 4 heteroatoms. The Bertz CT molecular complexity index is 508. The molecular formula is C20H32N2O2. The number of nitrogens with one attached hydrogen (secondary N) is 1. The maximum absolute atomic E-state index is 12.4. The van der Waals surface area contributed by atoms with Crippen LogP contribution in [0.4, 0.5) is 0 Å². The van der Waals surface area contributed by atoms with E-state index in [2.05, 4.69) is 37.1 Å². The number of hydrogen-bond donors (Lipinski definition) is 1. The molecule has 1 N–H and O–H groups in total. The third-order valence-corrected chi connectivity index (χ3v) is 5.23. The van der Waals surface area contributed by atoms with Crippen molar-refractivity contribution in [2.75, 3.05) is 32.8 Å². The van der Waals surface area contributed by atoms with E-state index in [9.17, 15) is 4.79 Å². The Balaban J connectivity index is 1.93. The Labute approximate surface area is 146 Å². The molecule has 1 unspecified atom stereocenters. The summed E-state index contributed by atoms with van der Waals surface area (Å²) in [6, 6.07) is 8.51. The second kappa shape index (κ2) is 9.80. The van der Waals surface area contributed by atoms with Crippen molar-refractivity contribution >= 4 is 5.91 Å². The number of ether oxygens (including phenoxy) is 1. The summed E-state index contributed by atoms with van der Waals surface area (Å²) in [4.78, 5) is 14.9. The van der Waals surface area contributed by atoms with Gasteiger partial charge in [-0.2, -0.15) is 0 Å². The van der Waals surface area contributed by atoms with Gasteiger partial charge in [-0.3, -0.25) is 9.69 Å². The minimum Gasteiger partial charge on any atom is -0.379 e. The lowest BCUT2D eigenvalue weighted by Gasteiger charge is -2.38. The first kappa shape index (κ1) is 18.9. The summed E-state index contributed by atoms with van der Waals surface area (Å²) >= 11 is 0. The average molecular weight is 332 g/mol. The van der Waals surface area contributed by atoms with Gasteiger partial charge in [0.2, 0.25) is 5.91 Å². The second-order valence-corrected chi connectivity index (χ2v) is 6.70. The van der Waals surface area contributed by atoms with Crippen molar-refractivity contribution < 1.29 is 9.53 Å². The molecule has 1 amide bonds. The van der Waals surface area contributed by atoms with Crippen LogP contribution in [0, 0.1) is 12.8 Å². The first-order valence-corrected chi connectivity index (χ1v) is 9.28. The highest BCUT2D eigenvalue weighted by Crippen LogP contribution is 2.19. The summed E-state index contributed by atoms with van der Waals surface area (Å²) < 4.78 is 5.49. The molecule has 1 aromatic carbocycles. The van der Waals surface area contributed by atoms with Gasteiger partial charge >= 0.3 is 0 Å². The Kier molecular flexibility index (Phi) is 7.73. The molecular weight excluding hydrogens is 300 g/mol. The highest BCUT2D eigenvalue weighted by molar-refractivity contribution is 5.78. The van der Waals surface area contributed by atoms with Crippen LogP contribution in [0.2, 0.25) is 0 Å². The van der Waals surface area contributed by atoms with E-state index in [4.69, 9.17) is 4.74 Å². The molecule has 1 fully saturated rings. The SMILES string of the molecule is CCC(CC)C(CNC(=O)Cc1ccccc1C)N1CCOCC1. The van der Waals surface area contributed by atoms with Gasteiger partial charge in [-0.1, -0.05) is 51.0 Å². The lowest BCUT2D eigenvalue weighted by atomic mass is 9.92. The van der Waals surface area contributed by atoms with E-state index in [1.54, 1.807) is 0 Å². The molecule has 0 aromatic heterocycles. The van der Waals surface area contributed by atoms with E-state index in [0.717, 1.165) is 51.3 Å². The molecule has 0 bridgehead atoms. The number of carbonyl (C=O) groups excluding carboxylic acids is 1. The van der Waals surface area contributed by atoms with Gasteiger partial charge in [0.25, 0.3) is 0 Å². The van der Waals surface area contributed by atoms with E-state index in [-0.39, 0.29) is 5.91 Å². The van der Waals surface area contributed by atoms with Gasteiger partial charge < -0.3 is 10.1 Å². The van der Waals surface area contributed by atoms with Crippen LogP contribution < -0.4 is 5.32 Å². The highest BCUT2D eigenvalue weighted by atomic mass is 16.5. The average Bonchev–Trinajstić information content (AvgIpc) is 2.61. The topological polar surface area (TPSA) is 41.6 Å². The van der Waals surface area contributed by atoms with E-state index in [1.165, 1.54) is 5.56 Å². The van der Waals surface area contributed by atoms with E-state index < -0.39 is 0 Å². The Morgan fingerprint density at radius 1 is 1.21 bits per heavy atom. The van der Waals surface area contributed by atoms with Crippen LogP contribution in [0.5, 0.6) is 0 Å². The maximum Gasteiger partial charge on any atom is 0.224 e. The van der Waals surface area contributed by atoms with Crippen molar-refractivity contribution in [1.82, 2.24) is 10.2 Å². The largest absolute Gasteiger partial charge is 0.379 e. The van der Waals surface area contributed by atoms with Gasteiger partial charge in [0.15, 0.2) is 0 Å². The van der Waals surface area contributed by atoms with Crippen LogP contribution in [0.25, 0.3) is 0 Å². The summed E-state index contributed by atoms with van der Waals surface area (Å²) in [5.41, 5.74) is 2.29. The number of morpholine rings is 1. The molecule has 2 rings (SSSR count). The zero-order chi connectivity index (χ0) is 17.4. The van der Waals surface area contributed by atoms with Crippen LogP contribution in [0.15, 0.2) is 24.3 Å². The minimum atomic E-state index is 0.119. The number of aryl methyl sites for hydroxylation is 1. The molecule has 1 saturated heterocycles. The molecule has 24 heavy (non-hydrogen) atoms. The third kappa shape index (κ3) is 5.32. The second-order valence-electron chi connectivity index (χ2n) is 6.70. The van der Waals surface area contributed by atoms with Gasteiger partial charge in [-0.25, -0.2) is 0 Å². The van der Waals surface area contributed by atoms with Crippen LogP contribution in [-0.2, 0) is 16.0 Å². The Morgan fingerprint density at radius 3 is 2.50 bits per heavy atom. The summed E-state index contributed by atoms with van der Waals surface area (Å²) in [6.07, 6.45) is 2.75. The lowest BCUT2D eigenvalue weighted by molar-refractivity contribution is -0.121. The summed E-state index contributed by atoms with van der Waals surface area (Å²) in [5, 5.41) is 3.18. The molecule has 0 aliphatic carbocycles. The number of amides is 1. The van der Waals surface area contributed by atoms with Gasteiger partial charge in [-0.05, 0) is 24.0 Å². The Morgan fingerprint density at radius 2 is 1.88 bits per heavy atom. The normalized spacial score (nSPS) is 17.0. The van der Waals surface area contributed by atoms with Crippen molar-refractivity contribution in [2.24, 2.45) is 5.92 Å². The molecule has 0 spiro atoms. The molecule has 0 radical (unpaired) electrons. The van der Waals surface area contributed by atoms with Crippen LogP contribution in [0.3, 0.4) is 0 Å². The number of carbonyl (C=O) groups is 1. The predicted octanol–water partition coefficient (Wildman–Crippen LogP) is 2.79. The summed E-state index contributed by atoms with van der Waals surface area (Å²) in [5.74, 6) is 0.732. The van der Waals surface area contributed by atoms with Crippen molar-refractivity contribution in [1.29, 1.82) is 0 Å². The Hall–Kier alpha value is -1.39. The van der Waals surface area contributed by atoms with Gasteiger partial charge in [0.05, 0.1) is 19.6 Å². The zero-order valence-corrected chi connectivity index (χ0v) is 15.4. The number of rotatable bonds is 8. The van der Waals surface area contributed by atoms with E-state index in [1.807, 2.05) is 18.2 Å². The highest BCUT2D eigenvalue weighted by Gasteiger charge is 2.27. The van der Waals surface area contributed by atoms with E-state index in [0.29, 0.717) is 18.4 Å². The molecule has 1 aromatic rings. The third-order valence-electron chi connectivity index (χ3n) is 5.23. The smallest absolute Gasteiger partial charge is 0.224 e. The first-order chi connectivity index (χ1) is 11.7. The van der Waals surface area contributed by atoms with Gasteiger partial charge in [-0.15, -0.1) is 0 Å². The van der Waals surface area contributed by atoms with Crippen molar-refractivity contribution in [3.8, 4) is 0 Å². The number of hydrogen-bond acceptors (Lipinski definition) is 3. The predicted molar refractivity (Wildman–Crippen MR) is 98.1 cm³/mol. The fourth-order valence-corrected chi connectivity index (χ4v) is 3.60. The molecule has 4 nitrogen and oxygen atoms in total. The molecule has 1 aliphatic rings. The summed E-state index contributed by atoms with van der Waals surface area (Å²) in [7, 11) is 0. The fraction of sp³-hybridized carbons (Fsp3) is 0.650. The van der Waals surface area contributed by atoms with Crippen LogP contribution in [0.1, 0.15) is 37.8 Å². The van der Waals surface area contributed by atoms with Crippen molar-refractivity contribution in [3.05, 3.63) is 35.4 Å². The molecule has 134 valence electrons.